The van der Waals surface area contributed by atoms with E-state index in [4.69, 9.17) is 9.16 Å². The van der Waals surface area contributed by atoms with Crippen LogP contribution in [0.25, 0.3) is 0 Å². The smallest absolute Gasteiger partial charge is 0.405 e. The molecule has 0 radical (unpaired) electrons. The first-order chi connectivity index (χ1) is 24.2. The Hall–Kier alpha value is -5.07. The topological polar surface area (TPSA) is 132 Å². The number of rotatable bonds is 9. The number of aromatic nitrogens is 2. The van der Waals surface area contributed by atoms with Crippen molar-refractivity contribution in [1.29, 1.82) is 0 Å². The van der Waals surface area contributed by atoms with Crippen molar-refractivity contribution in [1.82, 2.24) is 14.9 Å². The number of aliphatic hydroxyl groups is 1. The lowest BCUT2D eigenvalue weighted by Crippen LogP contribution is -2.67. The number of hydrogen-bond donors (Lipinski definition) is 3. The first-order valence-corrected chi connectivity index (χ1v) is 18.0. The molecule has 1 saturated heterocycles. The minimum absolute atomic E-state index is 0.00388. The Balaban J connectivity index is 1.43. The van der Waals surface area contributed by atoms with Gasteiger partial charge in [-0.2, -0.15) is 18.2 Å². The molecule has 266 valence electrons. The number of aliphatic hydroxyl groups excluding tert-OH is 1. The Morgan fingerprint density at radius 3 is 2.10 bits per heavy atom. The van der Waals surface area contributed by atoms with Crippen molar-refractivity contribution in [3.8, 4) is 11.8 Å². The van der Waals surface area contributed by atoms with E-state index in [0.717, 1.165) is 14.9 Å². The molecule has 4 aromatic rings. The van der Waals surface area contributed by atoms with Gasteiger partial charge in [-0.15, -0.1) is 0 Å². The van der Waals surface area contributed by atoms with Crippen molar-refractivity contribution >= 4 is 36.3 Å². The number of carbonyl (C=O) groups is 2. The van der Waals surface area contributed by atoms with E-state index in [2.05, 4.69) is 42.9 Å². The lowest BCUT2D eigenvalue weighted by molar-refractivity contribution is -0.173. The molecule has 10 nitrogen and oxygen atoms in total. The van der Waals surface area contributed by atoms with Gasteiger partial charge in [0.2, 0.25) is 0 Å². The van der Waals surface area contributed by atoms with Crippen molar-refractivity contribution in [3.63, 3.8) is 0 Å². The lowest BCUT2D eigenvalue weighted by atomic mass is 10.2. The molecule has 1 fully saturated rings. The van der Waals surface area contributed by atoms with E-state index in [1.165, 1.54) is 18.3 Å². The van der Waals surface area contributed by atoms with Gasteiger partial charge in [-0.3, -0.25) is 14.2 Å². The van der Waals surface area contributed by atoms with Crippen molar-refractivity contribution < 1.29 is 37.0 Å². The SMILES string of the molecule is CC(C)(C)[Si](OC[C@H]1O[C@@H](n2cc(C#CCNC(=O)C(F)(F)F)c(NC(=O)c3ccccc3)nc2=O)C[C@@H]1O)(c1ccccc1)c1ccccc1. The number of nitrogens with one attached hydrogen (secondary N) is 2. The van der Waals surface area contributed by atoms with Crippen LogP contribution in [0.1, 0.15) is 49.3 Å². The lowest BCUT2D eigenvalue weighted by Gasteiger charge is -2.43. The Morgan fingerprint density at radius 2 is 1.55 bits per heavy atom. The third kappa shape index (κ3) is 8.46. The van der Waals surface area contributed by atoms with Crippen LogP contribution < -0.4 is 26.7 Å². The van der Waals surface area contributed by atoms with Gasteiger partial charge in [0, 0.05) is 18.2 Å². The zero-order valence-corrected chi connectivity index (χ0v) is 29.1. The molecule has 3 aromatic carbocycles. The standard InChI is InChI=1S/C37H37F3N4O6Si/c1-36(2,3)51(27-17-9-5-10-18-27,28-19-11-6-12-20-28)49-24-30-29(45)22-31(50-30)44-23-26(16-13-21-41-34(47)37(38,39)40)32(43-35(44)48)42-33(46)25-14-7-4-8-15-25/h4-12,14-15,17-20,23,29-31,45H,21-22,24H2,1-3H3,(H,41,47)(H,42,43,46,48)/t29-,30+,31+/m0/s1. The van der Waals surface area contributed by atoms with Gasteiger partial charge in [-0.25, -0.2) is 4.79 Å². The summed E-state index contributed by atoms with van der Waals surface area (Å²) in [6.07, 6.45) is -6.75. The monoisotopic (exact) mass is 718 g/mol. The maximum atomic E-state index is 13.3. The summed E-state index contributed by atoms with van der Waals surface area (Å²) in [4.78, 5) is 41.5. The fourth-order valence-corrected chi connectivity index (χ4v) is 10.6. The first-order valence-electron chi connectivity index (χ1n) is 16.1. The molecule has 1 aromatic heterocycles. The largest absolute Gasteiger partial charge is 0.471 e. The van der Waals surface area contributed by atoms with Crippen molar-refractivity contribution in [2.45, 2.75) is 56.8 Å². The molecule has 0 bridgehead atoms. The number of amides is 2. The molecule has 5 rings (SSSR count). The van der Waals surface area contributed by atoms with Crippen LogP contribution in [0, 0.1) is 11.8 Å². The summed E-state index contributed by atoms with van der Waals surface area (Å²) in [7, 11) is -2.99. The van der Waals surface area contributed by atoms with Crippen LogP contribution >= 0.6 is 0 Å². The summed E-state index contributed by atoms with van der Waals surface area (Å²) in [5, 5.41) is 17.1. The van der Waals surface area contributed by atoms with Gasteiger partial charge in [0.1, 0.15) is 12.3 Å². The molecule has 2 amide bonds. The van der Waals surface area contributed by atoms with E-state index in [1.54, 1.807) is 23.5 Å². The van der Waals surface area contributed by atoms with Gasteiger partial charge >= 0.3 is 17.8 Å². The predicted octanol–water partition coefficient (Wildman–Crippen LogP) is 3.75. The highest BCUT2D eigenvalue weighted by molar-refractivity contribution is 6.99. The van der Waals surface area contributed by atoms with E-state index in [9.17, 15) is 32.7 Å². The van der Waals surface area contributed by atoms with E-state index < -0.39 is 57.0 Å². The number of benzene rings is 3. The highest BCUT2D eigenvalue weighted by atomic mass is 28.4. The zero-order chi connectivity index (χ0) is 36.8. The van der Waals surface area contributed by atoms with Crippen LogP contribution in [-0.2, 0) is 14.0 Å². The van der Waals surface area contributed by atoms with E-state index >= 15 is 0 Å². The fourth-order valence-electron chi connectivity index (χ4n) is 6.00. The van der Waals surface area contributed by atoms with Crippen LogP contribution in [-0.4, -0.2) is 66.3 Å². The fraction of sp³-hybridized carbons (Fsp3) is 0.297. The summed E-state index contributed by atoms with van der Waals surface area (Å²) in [5.74, 6) is 1.96. The van der Waals surface area contributed by atoms with Crippen LogP contribution in [0.5, 0.6) is 0 Å². The Morgan fingerprint density at radius 1 is 0.980 bits per heavy atom. The van der Waals surface area contributed by atoms with Crippen molar-refractivity contribution in [3.05, 3.63) is 119 Å². The summed E-state index contributed by atoms with van der Waals surface area (Å²) in [6.45, 7) is 5.69. The molecule has 0 saturated carbocycles. The predicted molar refractivity (Wildman–Crippen MR) is 187 cm³/mol. The summed E-state index contributed by atoms with van der Waals surface area (Å²) < 4.78 is 52.2. The third-order valence-electron chi connectivity index (χ3n) is 8.43. The Bertz CT molecular complexity index is 1920. The number of hydrogen-bond acceptors (Lipinski definition) is 7. The number of carbonyl (C=O) groups excluding carboxylic acids is 2. The van der Waals surface area contributed by atoms with Crippen LogP contribution in [0.15, 0.2) is 102 Å². The minimum atomic E-state index is -5.09. The van der Waals surface area contributed by atoms with E-state index in [0.29, 0.717) is 0 Å². The highest BCUT2D eigenvalue weighted by Gasteiger charge is 2.51. The van der Waals surface area contributed by atoms with Crippen LogP contribution in [0.4, 0.5) is 19.0 Å². The second-order valence-electron chi connectivity index (χ2n) is 12.9. The summed E-state index contributed by atoms with van der Waals surface area (Å²) in [6, 6.07) is 28.0. The third-order valence-corrected chi connectivity index (χ3v) is 13.4. The maximum Gasteiger partial charge on any atom is 0.471 e. The number of alkyl halides is 3. The number of nitrogens with zero attached hydrogens (tertiary/aromatic N) is 2. The molecule has 0 spiro atoms. The highest BCUT2D eigenvalue weighted by Crippen LogP contribution is 2.38. The second-order valence-corrected chi connectivity index (χ2v) is 17.2. The van der Waals surface area contributed by atoms with Gasteiger partial charge < -0.3 is 24.9 Å². The maximum absolute atomic E-state index is 13.3. The normalized spacial score (nSPS) is 17.7. The molecular weight excluding hydrogens is 682 g/mol. The average Bonchev–Trinajstić information content (AvgIpc) is 3.47. The summed E-state index contributed by atoms with van der Waals surface area (Å²) >= 11 is 0. The number of halogens is 3. The molecule has 3 atom stereocenters. The van der Waals surface area contributed by atoms with Gasteiger partial charge in [-0.05, 0) is 27.5 Å². The molecule has 3 N–H and O–H groups in total. The summed E-state index contributed by atoms with van der Waals surface area (Å²) in [5.41, 5.74) is -0.615. The van der Waals surface area contributed by atoms with E-state index in [1.807, 2.05) is 60.7 Å². The molecule has 2 heterocycles. The van der Waals surface area contributed by atoms with Gasteiger partial charge in [-0.1, -0.05) is 111 Å². The number of ether oxygens (including phenoxy) is 1. The molecule has 0 aliphatic carbocycles. The molecule has 1 aliphatic rings. The Kier molecular flexibility index (Phi) is 11.3. The molecule has 0 unspecified atom stereocenters. The number of anilines is 1. The molecule has 1 aliphatic heterocycles. The van der Waals surface area contributed by atoms with Crippen molar-refractivity contribution in [2.75, 3.05) is 18.5 Å². The second kappa shape index (κ2) is 15.4. The molecular formula is C37H37F3N4O6Si. The minimum Gasteiger partial charge on any atom is -0.405 e. The van der Waals surface area contributed by atoms with E-state index in [-0.39, 0.29) is 35.0 Å². The van der Waals surface area contributed by atoms with Crippen molar-refractivity contribution in [2.24, 2.45) is 0 Å². The van der Waals surface area contributed by atoms with Crippen LogP contribution in [0.2, 0.25) is 5.04 Å². The molecule has 51 heavy (non-hydrogen) atoms. The van der Waals surface area contributed by atoms with Gasteiger partial charge in [0.15, 0.2) is 5.82 Å². The first kappa shape index (κ1) is 37.2. The molecule has 14 heteroatoms. The Labute approximate surface area is 293 Å². The van der Waals surface area contributed by atoms with Crippen LogP contribution in [0.3, 0.4) is 0 Å². The van der Waals surface area contributed by atoms with Gasteiger partial charge in [0.25, 0.3) is 14.2 Å². The average molecular weight is 719 g/mol. The zero-order valence-electron chi connectivity index (χ0n) is 28.1. The quantitative estimate of drug-likeness (QED) is 0.178. The van der Waals surface area contributed by atoms with Gasteiger partial charge in [0.05, 0.1) is 24.8 Å².